The van der Waals surface area contributed by atoms with E-state index in [1.165, 1.54) is 6.42 Å². The van der Waals surface area contributed by atoms with Crippen LogP contribution >= 0.6 is 0 Å². The zero-order valence-electron chi connectivity index (χ0n) is 16.9. The van der Waals surface area contributed by atoms with Crippen molar-refractivity contribution in [3.63, 3.8) is 0 Å². The van der Waals surface area contributed by atoms with Gasteiger partial charge < -0.3 is 15.0 Å². The van der Waals surface area contributed by atoms with E-state index in [1.54, 1.807) is 0 Å². The van der Waals surface area contributed by atoms with Gasteiger partial charge >= 0.3 is 5.97 Å². The highest BCUT2D eigenvalue weighted by atomic mass is 16.5. The fourth-order valence-corrected chi connectivity index (χ4v) is 5.00. The Labute approximate surface area is 166 Å². The SMILES string of the molecule is C[C@@H]1[C@@H](C)CCC[C@@H]1N1C[C@H](C(=O)OCC(=O)NC2(C#N)CCCC2)CC1=O. The Morgan fingerprint density at radius 1 is 1.25 bits per heavy atom. The zero-order chi connectivity index (χ0) is 20.3. The quantitative estimate of drug-likeness (QED) is 0.726. The van der Waals surface area contributed by atoms with E-state index in [9.17, 15) is 19.6 Å². The largest absolute Gasteiger partial charge is 0.455 e. The molecule has 2 amide bonds. The molecule has 0 aromatic carbocycles. The second kappa shape index (κ2) is 8.50. The first-order chi connectivity index (χ1) is 13.3. The summed E-state index contributed by atoms with van der Waals surface area (Å²) < 4.78 is 5.18. The van der Waals surface area contributed by atoms with Gasteiger partial charge in [-0.2, -0.15) is 5.26 Å². The van der Waals surface area contributed by atoms with Crippen molar-refractivity contribution >= 4 is 17.8 Å². The first-order valence-corrected chi connectivity index (χ1v) is 10.5. The second-order valence-corrected chi connectivity index (χ2v) is 8.84. The summed E-state index contributed by atoms with van der Waals surface area (Å²) in [6, 6.07) is 2.37. The smallest absolute Gasteiger partial charge is 0.311 e. The molecule has 1 N–H and O–H groups in total. The molecule has 2 saturated carbocycles. The first-order valence-electron chi connectivity index (χ1n) is 10.5. The van der Waals surface area contributed by atoms with Crippen LogP contribution in [-0.2, 0) is 19.1 Å². The normalized spacial score (nSPS) is 32.0. The second-order valence-electron chi connectivity index (χ2n) is 8.84. The molecule has 0 aromatic heterocycles. The summed E-state index contributed by atoms with van der Waals surface area (Å²) in [6.07, 6.45) is 6.51. The van der Waals surface area contributed by atoms with Crippen molar-refractivity contribution in [2.45, 2.75) is 76.8 Å². The topological polar surface area (TPSA) is 99.5 Å². The van der Waals surface area contributed by atoms with Crippen LogP contribution in [0.2, 0.25) is 0 Å². The summed E-state index contributed by atoms with van der Waals surface area (Å²) >= 11 is 0. The van der Waals surface area contributed by atoms with Gasteiger partial charge in [0.1, 0.15) is 5.54 Å². The Morgan fingerprint density at radius 3 is 2.64 bits per heavy atom. The standard InChI is InChI=1S/C21H31N3O4/c1-14-6-5-7-17(15(14)2)24-11-16(10-19(24)26)20(27)28-12-18(25)23-21(13-22)8-3-4-9-21/h14-17H,3-12H2,1-2H3,(H,23,25)/t14-,15+,16+,17-/m0/s1. The molecule has 7 nitrogen and oxygen atoms in total. The highest BCUT2D eigenvalue weighted by Crippen LogP contribution is 2.36. The first kappa shape index (κ1) is 20.6. The van der Waals surface area contributed by atoms with Gasteiger partial charge in [-0.05, 0) is 43.9 Å². The van der Waals surface area contributed by atoms with E-state index >= 15 is 0 Å². The van der Waals surface area contributed by atoms with Crippen molar-refractivity contribution in [3.8, 4) is 6.07 Å². The third-order valence-corrected chi connectivity index (χ3v) is 6.95. The molecule has 3 rings (SSSR count). The van der Waals surface area contributed by atoms with Gasteiger partial charge in [-0.1, -0.05) is 26.7 Å². The van der Waals surface area contributed by atoms with Crippen LogP contribution in [0.1, 0.15) is 65.2 Å². The van der Waals surface area contributed by atoms with Crippen molar-refractivity contribution < 1.29 is 19.1 Å². The summed E-state index contributed by atoms with van der Waals surface area (Å²) in [5.74, 6) is -0.461. The molecule has 0 unspecified atom stereocenters. The van der Waals surface area contributed by atoms with Crippen molar-refractivity contribution in [2.24, 2.45) is 17.8 Å². The number of hydrogen-bond donors (Lipinski definition) is 1. The molecule has 1 saturated heterocycles. The van der Waals surface area contributed by atoms with Crippen molar-refractivity contribution in [3.05, 3.63) is 0 Å². The highest BCUT2D eigenvalue weighted by molar-refractivity contribution is 5.88. The summed E-state index contributed by atoms with van der Waals surface area (Å²) in [6.45, 7) is 4.39. The zero-order valence-corrected chi connectivity index (χ0v) is 16.9. The number of rotatable bonds is 5. The molecule has 1 aliphatic heterocycles. The van der Waals surface area contributed by atoms with Crippen LogP contribution < -0.4 is 5.32 Å². The minimum atomic E-state index is -0.822. The Balaban J connectivity index is 1.49. The number of nitrogens with one attached hydrogen (secondary N) is 1. The van der Waals surface area contributed by atoms with E-state index in [4.69, 9.17) is 4.74 Å². The molecule has 0 bridgehead atoms. The predicted molar refractivity (Wildman–Crippen MR) is 102 cm³/mol. The molecule has 0 radical (unpaired) electrons. The van der Waals surface area contributed by atoms with Crippen LogP contribution in [0.25, 0.3) is 0 Å². The molecule has 0 spiro atoms. The van der Waals surface area contributed by atoms with Gasteiger partial charge in [-0.15, -0.1) is 0 Å². The third-order valence-electron chi connectivity index (χ3n) is 6.95. The lowest BCUT2D eigenvalue weighted by Crippen LogP contribution is -2.47. The number of ether oxygens (including phenoxy) is 1. The maximum atomic E-state index is 12.5. The number of likely N-dealkylation sites (tertiary alicyclic amines) is 1. The summed E-state index contributed by atoms with van der Waals surface area (Å²) in [5.41, 5.74) is -0.822. The van der Waals surface area contributed by atoms with Crippen LogP contribution in [0.3, 0.4) is 0 Å². The van der Waals surface area contributed by atoms with Crippen LogP contribution in [0.4, 0.5) is 0 Å². The molecule has 7 heteroatoms. The fraction of sp³-hybridized carbons (Fsp3) is 0.810. The van der Waals surface area contributed by atoms with E-state index < -0.39 is 29.9 Å². The van der Waals surface area contributed by atoms with Crippen molar-refractivity contribution in [2.75, 3.05) is 13.2 Å². The summed E-state index contributed by atoms with van der Waals surface area (Å²) in [5, 5.41) is 12.0. The lowest BCUT2D eigenvalue weighted by Gasteiger charge is -2.39. The molecule has 0 aromatic rings. The van der Waals surface area contributed by atoms with Gasteiger partial charge in [0.15, 0.2) is 6.61 Å². The van der Waals surface area contributed by atoms with E-state index in [0.29, 0.717) is 31.2 Å². The Bertz CT molecular complexity index is 665. The van der Waals surface area contributed by atoms with Gasteiger partial charge in [0.25, 0.3) is 5.91 Å². The molecule has 3 aliphatic rings. The number of amides is 2. The van der Waals surface area contributed by atoms with E-state index in [1.807, 2.05) is 4.90 Å². The number of nitrogens with zero attached hydrogens (tertiary/aromatic N) is 2. The van der Waals surface area contributed by atoms with E-state index in [0.717, 1.165) is 25.7 Å². The minimum absolute atomic E-state index is 0.00624. The fourth-order valence-electron chi connectivity index (χ4n) is 5.00. The molecule has 3 fully saturated rings. The minimum Gasteiger partial charge on any atom is -0.455 e. The van der Waals surface area contributed by atoms with Crippen molar-refractivity contribution in [1.29, 1.82) is 5.26 Å². The Morgan fingerprint density at radius 2 is 1.96 bits per heavy atom. The highest BCUT2D eigenvalue weighted by Gasteiger charge is 2.42. The van der Waals surface area contributed by atoms with Crippen LogP contribution in [0, 0.1) is 29.1 Å². The molecule has 2 aliphatic carbocycles. The van der Waals surface area contributed by atoms with E-state index in [2.05, 4.69) is 25.2 Å². The summed E-state index contributed by atoms with van der Waals surface area (Å²) in [4.78, 5) is 38.9. The lowest BCUT2D eigenvalue weighted by molar-refractivity contribution is -0.152. The van der Waals surface area contributed by atoms with Crippen LogP contribution in [-0.4, -0.2) is 47.4 Å². The van der Waals surface area contributed by atoms with Crippen LogP contribution in [0.5, 0.6) is 0 Å². The van der Waals surface area contributed by atoms with Crippen LogP contribution in [0.15, 0.2) is 0 Å². The average Bonchev–Trinajstić information content (AvgIpc) is 3.29. The maximum absolute atomic E-state index is 12.5. The number of nitriles is 1. The van der Waals surface area contributed by atoms with Gasteiger partial charge in [-0.25, -0.2) is 0 Å². The summed E-state index contributed by atoms with van der Waals surface area (Å²) in [7, 11) is 0. The van der Waals surface area contributed by atoms with Gasteiger partial charge in [0, 0.05) is 19.0 Å². The van der Waals surface area contributed by atoms with Gasteiger partial charge in [0.2, 0.25) is 5.91 Å². The molecule has 4 atom stereocenters. The average molecular weight is 389 g/mol. The number of carbonyl (C=O) groups is 3. The van der Waals surface area contributed by atoms with Gasteiger partial charge in [-0.3, -0.25) is 14.4 Å². The molecular weight excluding hydrogens is 358 g/mol. The predicted octanol–water partition coefficient (Wildman–Crippen LogP) is 2.16. The monoisotopic (exact) mass is 389 g/mol. The molecule has 28 heavy (non-hydrogen) atoms. The Hall–Kier alpha value is -2.10. The Kier molecular flexibility index (Phi) is 6.26. The van der Waals surface area contributed by atoms with Crippen molar-refractivity contribution in [1.82, 2.24) is 10.2 Å². The molecule has 1 heterocycles. The maximum Gasteiger partial charge on any atom is 0.311 e. The number of esters is 1. The van der Waals surface area contributed by atoms with Gasteiger partial charge in [0.05, 0.1) is 12.0 Å². The number of carbonyl (C=O) groups excluding carboxylic acids is 3. The number of hydrogen-bond acceptors (Lipinski definition) is 5. The molecular formula is C21H31N3O4. The third kappa shape index (κ3) is 4.31. The lowest BCUT2D eigenvalue weighted by atomic mass is 9.77. The van der Waals surface area contributed by atoms with E-state index in [-0.39, 0.29) is 18.4 Å². The molecule has 154 valence electrons.